The molecule has 1 aliphatic heterocycles. The molecule has 2 aliphatic rings. The third kappa shape index (κ3) is 3.79. The number of thioether (sulfide) groups is 1. The maximum absolute atomic E-state index is 10.3. The number of aromatic nitrogens is 1. The second kappa shape index (κ2) is 7.51. The Morgan fingerprint density at radius 2 is 2.35 bits per heavy atom. The van der Waals surface area contributed by atoms with Crippen LogP contribution >= 0.6 is 11.8 Å². The molecule has 1 aliphatic carbocycles. The number of rotatable bonds is 7. The van der Waals surface area contributed by atoms with E-state index in [4.69, 9.17) is 5.73 Å². The first-order chi connectivity index (χ1) is 11.2. The highest BCUT2D eigenvalue weighted by molar-refractivity contribution is 7.99. The van der Waals surface area contributed by atoms with Crippen LogP contribution in [0.3, 0.4) is 0 Å². The van der Waals surface area contributed by atoms with Crippen LogP contribution in [-0.2, 0) is 6.42 Å². The van der Waals surface area contributed by atoms with Gasteiger partial charge in [-0.05, 0) is 36.0 Å². The van der Waals surface area contributed by atoms with E-state index in [-0.39, 0.29) is 6.10 Å². The van der Waals surface area contributed by atoms with Crippen LogP contribution in [-0.4, -0.2) is 52.2 Å². The number of hydrogen-bond donors (Lipinski definition) is 2. The summed E-state index contributed by atoms with van der Waals surface area (Å²) >= 11 is 1.91. The van der Waals surface area contributed by atoms with Crippen molar-refractivity contribution in [1.82, 2.24) is 9.88 Å². The number of hydrogen-bond acceptors (Lipinski definition) is 5. The molecule has 3 N–H and O–H groups in total. The zero-order chi connectivity index (χ0) is 16.2. The van der Waals surface area contributed by atoms with Crippen molar-refractivity contribution in [3.63, 3.8) is 0 Å². The topological polar surface area (TPSA) is 62.4 Å². The Morgan fingerprint density at radius 3 is 3.17 bits per heavy atom. The molecule has 0 amide bonds. The number of nitrogen functional groups attached to an aromatic ring is 1. The van der Waals surface area contributed by atoms with Gasteiger partial charge in [-0.25, -0.2) is 0 Å². The van der Waals surface area contributed by atoms with Crippen LogP contribution < -0.4 is 5.73 Å². The molecule has 124 valence electrons. The first kappa shape index (κ1) is 16.6. The van der Waals surface area contributed by atoms with Crippen LogP contribution in [0.5, 0.6) is 0 Å². The summed E-state index contributed by atoms with van der Waals surface area (Å²) in [5, 5.41) is 10.3. The van der Waals surface area contributed by atoms with Crippen molar-refractivity contribution in [2.75, 3.05) is 36.9 Å². The van der Waals surface area contributed by atoms with Gasteiger partial charge in [-0.2, -0.15) is 11.8 Å². The normalized spacial score (nSPS) is 23.8. The molecule has 0 saturated carbocycles. The van der Waals surface area contributed by atoms with Gasteiger partial charge in [0.1, 0.15) is 0 Å². The highest BCUT2D eigenvalue weighted by Crippen LogP contribution is 2.31. The lowest BCUT2D eigenvalue weighted by molar-refractivity contribution is 0.151. The molecule has 1 unspecified atom stereocenters. The van der Waals surface area contributed by atoms with Crippen molar-refractivity contribution in [3.05, 3.63) is 42.3 Å². The minimum Gasteiger partial charge on any atom is -0.398 e. The van der Waals surface area contributed by atoms with Crippen LogP contribution in [0.4, 0.5) is 5.69 Å². The van der Waals surface area contributed by atoms with Crippen LogP contribution in [0, 0.1) is 5.92 Å². The summed E-state index contributed by atoms with van der Waals surface area (Å²) in [5.74, 6) is 2.47. The fourth-order valence-electron chi connectivity index (χ4n) is 3.34. The number of anilines is 1. The largest absolute Gasteiger partial charge is 0.398 e. The SMILES string of the molecule is C=CCCSC[C@H]1CN(CC2=CCc3c(N)ccnc32)CC1O. The molecule has 1 fully saturated rings. The maximum atomic E-state index is 10.3. The van der Waals surface area contributed by atoms with Gasteiger partial charge in [0.2, 0.25) is 0 Å². The molecule has 1 saturated heterocycles. The van der Waals surface area contributed by atoms with E-state index in [2.05, 4.69) is 22.5 Å². The number of β-amino-alcohol motifs (C(OH)–C–C–N with tert-alkyl or cyclic N) is 1. The average Bonchev–Trinajstić information content (AvgIpc) is 3.09. The zero-order valence-corrected chi connectivity index (χ0v) is 14.3. The Kier molecular flexibility index (Phi) is 5.41. The Morgan fingerprint density at radius 1 is 1.48 bits per heavy atom. The number of aliphatic hydroxyl groups excluding tert-OH is 1. The fraction of sp³-hybridized carbons (Fsp3) is 0.500. The van der Waals surface area contributed by atoms with Crippen molar-refractivity contribution in [3.8, 4) is 0 Å². The number of nitrogens with two attached hydrogens (primary N) is 1. The number of pyridine rings is 1. The quantitative estimate of drug-likeness (QED) is 0.592. The summed E-state index contributed by atoms with van der Waals surface area (Å²) < 4.78 is 0. The van der Waals surface area contributed by atoms with E-state index in [0.717, 1.165) is 60.9 Å². The van der Waals surface area contributed by atoms with Gasteiger partial charge in [0, 0.05) is 43.0 Å². The van der Waals surface area contributed by atoms with Crippen molar-refractivity contribution in [2.45, 2.75) is 18.9 Å². The molecule has 3 rings (SSSR count). The summed E-state index contributed by atoms with van der Waals surface area (Å²) in [6.07, 6.45) is 7.65. The van der Waals surface area contributed by atoms with Crippen molar-refractivity contribution in [1.29, 1.82) is 0 Å². The number of fused-ring (bicyclic) bond motifs is 1. The standard InChI is InChI=1S/C18H25N3OS/c1-2-3-8-23-12-14-10-21(11-17(14)22)9-13-4-5-15-16(19)6-7-20-18(13)15/h2,4,6-7,14,17,22H,1,3,5,8-12H2,(H2,19,20)/t14-,17?/m1/s1. The molecule has 1 aromatic rings. The Hall–Kier alpha value is -1.30. The van der Waals surface area contributed by atoms with Gasteiger partial charge in [-0.1, -0.05) is 12.2 Å². The first-order valence-corrected chi connectivity index (χ1v) is 9.36. The van der Waals surface area contributed by atoms with Crippen LogP contribution in [0.15, 0.2) is 31.0 Å². The number of likely N-dealkylation sites (tertiary alicyclic amines) is 1. The van der Waals surface area contributed by atoms with Crippen LogP contribution in [0.25, 0.3) is 5.57 Å². The minimum atomic E-state index is -0.221. The molecule has 0 spiro atoms. The molecule has 1 aromatic heterocycles. The van der Waals surface area contributed by atoms with Gasteiger partial charge in [0.05, 0.1) is 11.8 Å². The lowest BCUT2D eigenvalue weighted by Gasteiger charge is -2.17. The molecule has 23 heavy (non-hydrogen) atoms. The monoisotopic (exact) mass is 331 g/mol. The Balaban J connectivity index is 1.55. The second-order valence-electron chi connectivity index (χ2n) is 6.33. The molecule has 2 heterocycles. The summed E-state index contributed by atoms with van der Waals surface area (Å²) in [7, 11) is 0. The second-order valence-corrected chi connectivity index (χ2v) is 7.48. The Bertz CT molecular complexity index is 602. The lowest BCUT2D eigenvalue weighted by atomic mass is 10.1. The number of allylic oxidation sites excluding steroid dienone is 2. The lowest BCUT2D eigenvalue weighted by Crippen LogP contribution is -2.24. The maximum Gasteiger partial charge on any atom is 0.0727 e. The van der Waals surface area contributed by atoms with Gasteiger partial charge >= 0.3 is 0 Å². The molecule has 4 nitrogen and oxygen atoms in total. The first-order valence-electron chi connectivity index (χ1n) is 8.21. The summed E-state index contributed by atoms with van der Waals surface area (Å²) in [5.41, 5.74) is 10.3. The molecular formula is C18H25N3OS. The predicted molar refractivity (Wildman–Crippen MR) is 98.4 cm³/mol. The molecule has 0 aromatic carbocycles. The van der Waals surface area contributed by atoms with Crippen molar-refractivity contribution >= 4 is 23.0 Å². The van der Waals surface area contributed by atoms with E-state index in [1.54, 1.807) is 6.20 Å². The van der Waals surface area contributed by atoms with Gasteiger partial charge in [-0.3, -0.25) is 9.88 Å². The molecule has 0 radical (unpaired) electrons. The van der Waals surface area contributed by atoms with Crippen molar-refractivity contribution < 1.29 is 5.11 Å². The summed E-state index contributed by atoms with van der Waals surface area (Å²) in [4.78, 5) is 6.84. The molecule has 5 heteroatoms. The predicted octanol–water partition coefficient (Wildman–Crippen LogP) is 2.21. The van der Waals surface area contributed by atoms with Gasteiger partial charge < -0.3 is 10.8 Å². The number of aliphatic hydroxyl groups is 1. The third-order valence-electron chi connectivity index (χ3n) is 4.62. The molecular weight excluding hydrogens is 306 g/mol. The minimum absolute atomic E-state index is 0.221. The van der Waals surface area contributed by atoms with Crippen molar-refractivity contribution in [2.24, 2.45) is 5.92 Å². The highest BCUT2D eigenvalue weighted by atomic mass is 32.2. The summed E-state index contributed by atoms with van der Waals surface area (Å²) in [6.45, 7) is 6.31. The van der Waals surface area contributed by atoms with E-state index < -0.39 is 0 Å². The zero-order valence-electron chi connectivity index (χ0n) is 13.4. The van der Waals surface area contributed by atoms with Crippen LogP contribution in [0.1, 0.15) is 17.7 Å². The van der Waals surface area contributed by atoms with Crippen LogP contribution in [0.2, 0.25) is 0 Å². The third-order valence-corrected chi connectivity index (χ3v) is 5.81. The van der Waals surface area contributed by atoms with E-state index in [9.17, 15) is 5.11 Å². The Labute approximate surface area is 142 Å². The number of nitrogens with zero attached hydrogens (tertiary/aromatic N) is 2. The van der Waals surface area contributed by atoms with E-state index in [1.807, 2.05) is 23.9 Å². The van der Waals surface area contributed by atoms with Gasteiger partial charge in [0.15, 0.2) is 0 Å². The molecule has 0 bridgehead atoms. The highest BCUT2D eigenvalue weighted by Gasteiger charge is 2.32. The summed E-state index contributed by atoms with van der Waals surface area (Å²) in [6, 6.07) is 1.87. The van der Waals surface area contributed by atoms with E-state index in [0.29, 0.717) is 5.92 Å². The van der Waals surface area contributed by atoms with E-state index in [1.165, 1.54) is 5.57 Å². The van der Waals surface area contributed by atoms with Gasteiger partial charge in [0.25, 0.3) is 0 Å². The fourth-order valence-corrected chi connectivity index (χ4v) is 4.47. The van der Waals surface area contributed by atoms with Gasteiger partial charge in [-0.15, -0.1) is 6.58 Å². The smallest absolute Gasteiger partial charge is 0.0727 e. The van der Waals surface area contributed by atoms with E-state index >= 15 is 0 Å². The molecule has 2 atom stereocenters. The average molecular weight is 331 g/mol.